The number of phenolic OH excluding ortho intramolecular Hbond substituents is 2. The second kappa shape index (κ2) is 5.22. The molecule has 0 aliphatic rings. The number of aryl methyl sites for hydroxylation is 1. The number of aromatic nitrogens is 1. The second-order valence-corrected chi connectivity index (χ2v) is 3.99. The Hall–Kier alpha value is -1.95. The number of hydrogen-bond donors (Lipinski definition) is 4. The topological polar surface area (TPSA) is 105 Å². The summed E-state index contributed by atoms with van der Waals surface area (Å²) in [6.07, 6.45) is 1.68. The van der Waals surface area contributed by atoms with E-state index < -0.39 is 0 Å². The lowest BCUT2D eigenvalue weighted by molar-refractivity contribution is 0.449. The fraction of sp³-hybridized carbons (Fsp3) is 0.100. The van der Waals surface area contributed by atoms with Gasteiger partial charge in [0.2, 0.25) is 0 Å². The Morgan fingerprint density at radius 2 is 1.88 bits per heavy atom. The van der Waals surface area contributed by atoms with Crippen molar-refractivity contribution >= 4 is 22.2 Å². The molecule has 0 fully saturated rings. The van der Waals surface area contributed by atoms with Gasteiger partial charge in [-0.15, -0.1) is 11.3 Å². The molecule has 2 aromatic rings. The van der Waals surface area contributed by atoms with Crippen molar-refractivity contribution < 1.29 is 10.2 Å². The van der Waals surface area contributed by atoms with E-state index in [-0.39, 0.29) is 17.2 Å². The van der Waals surface area contributed by atoms with Crippen molar-refractivity contribution in [1.82, 2.24) is 4.98 Å². The summed E-state index contributed by atoms with van der Waals surface area (Å²) in [5.74, 6) is -0.0187. The Morgan fingerprint density at radius 3 is 2.25 bits per heavy atom. The van der Waals surface area contributed by atoms with Crippen molar-refractivity contribution in [1.29, 1.82) is 0 Å². The molecule has 1 aromatic carbocycles. The fourth-order valence-corrected chi connectivity index (χ4v) is 1.33. The number of nitrogens with zero attached hydrogens (tertiary/aromatic N) is 1. The highest BCUT2D eigenvalue weighted by Crippen LogP contribution is 2.27. The molecule has 0 amide bonds. The number of phenols is 2. The van der Waals surface area contributed by atoms with Crippen LogP contribution in [0.2, 0.25) is 0 Å². The minimum Gasteiger partial charge on any atom is -0.508 e. The number of thiazole rings is 1. The van der Waals surface area contributed by atoms with E-state index >= 15 is 0 Å². The Kier molecular flexibility index (Phi) is 3.96. The summed E-state index contributed by atoms with van der Waals surface area (Å²) in [5.41, 5.74) is 11.5. The normalized spacial score (nSPS) is 9.31. The number of hydrogen-bond acceptors (Lipinski definition) is 6. The number of nitrogens with two attached hydrogens (primary N) is 2. The van der Waals surface area contributed by atoms with Gasteiger partial charge in [-0.3, -0.25) is 0 Å². The minimum absolute atomic E-state index is 0.0618. The van der Waals surface area contributed by atoms with Gasteiger partial charge in [0.05, 0.1) is 5.69 Å². The Labute approximate surface area is 97.0 Å². The molecule has 0 saturated carbocycles. The zero-order valence-electron chi connectivity index (χ0n) is 8.71. The maximum atomic E-state index is 9.01. The van der Waals surface area contributed by atoms with Crippen molar-refractivity contribution in [3.05, 3.63) is 29.3 Å². The van der Waals surface area contributed by atoms with Gasteiger partial charge in [0, 0.05) is 17.6 Å². The molecule has 6 N–H and O–H groups in total. The molecular formula is C10H13N3O2S. The fourth-order valence-electron chi connectivity index (χ4n) is 0.942. The van der Waals surface area contributed by atoms with Crippen molar-refractivity contribution in [2.45, 2.75) is 6.92 Å². The highest BCUT2D eigenvalue weighted by molar-refractivity contribution is 7.13. The van der Waals surface area contributed by atoms with Crippen LogP contribution < -0.4 is 11.5 Å². The summed E-state index contributed by atoms with van der Waals surface area (Å²) in [7, 11) is 0. The molecule has 1 heterocycles. The maximum Gasteiger partial charge on any atom is 0.179 e. The van der Waals surface area contributed by atoms with E-state index in [1.54, 1.807) is 13.1 Å². The van der Waals surface area contributed by atoms with Crippen LogP contribution in [0, 0.1) is 6.92 Å². The molecule has 16 heavy (non-hydrogen) atoms. The van der Waals surface area contributed by atoms with Crippen LogP contribution in [-0.4, -0.2) is 15.2 Å². The quantitative estimate of drug-likeness (QED) is 0.318. The van der Waals surface area contributed by atoms with E-state index in [0.29, 0.717) is 10.7 Å². The first-order valence-electron chi connectivity index (χ1n) is 4.43. The van der Waals surface area contributed by atoms with E-state index in [1.165, 1.54) is 23.5 Å². The molecule has 5 nitrogen and oxygen atoms in total. The van der Waals surface area contributed by atoms with Crippen LogP contribution in [0.3, 0.4) is 0 Å². The zero-order valence-corrected chi connectivity index (χ0v) is 9.53. The molecule has 0 spiro atoms. The van der Waals surface area contributed by atoms with Gasteiger partial charge in [-0.1, -0.05) is 0 Å². The van der Waals surface area contributed by atoms with Crippen LogP contribution >= 0.6 is 11.3 Å². The molecule has 2 rings (SSSR count). The van der Waals surface area contributed by atoms with E-state index in [1.807, 2.05) is 5.38 Å². The molecule has 0 radical (unpaired) electrons. The van der Waals surface area contributed by atoms with Crippen LogP contribution in [0.1, 0.15) is 5.56 Å². The predicted molar refractivity (Wildman–Crippen MR) is 65.4 cm³/mol. The van der Waals surface area contributed by atoms with Crippen LogP contribution in [0.25, 0.3) is 0 Å². The standard InChI is InChI=1S/C7H9NO2.C3H4N2S/c1-4-2-5(8)7(10)3-6(4)9;4-3-5-1-2-6-3/h2-3,9-10H,8H2,1H3;1-2H,(H2,4,5). The summed E-state index contributed by atoms with van der Waals surface area (Å²) < 4.78 is 0. The van der Waals surface area contributed by atoms with Crippen LogP contribution in [-0.2, 0) is 0 Å². The molecule has 0 saturated heterocycles. The third-order valence-electron chi connectivity index (χ3n) is 1.80. The van der Waals surface area contributed by atoms with Gasteiger partial charge < -0.3 is 21.7 Å². The van der Waals surface area contributed by atoms with Gasteiger partial charge in [-0.05, 0) is 18.6 Å². The van der Waals surface area contributed by atoms with Crippen LogP contribution in [0.15, 0.2) is 23.7 Å². The summed E-state index contributed by atoms with van der Waals surface area (Å²) in [4.78, 5) is 3.71. The molecule has 0 bridgehead atoms. The highest BCUT2D eigenvalue weighted by Gasteiger charge is 2.00. The Bertz CT molecular complexity index is 407. The largest absolute Gasteiger partial charge is 0.508 e. The first-order chi connectivity index (χ1) is 7.50. The van der Waals surface area contributed by atoms with Gasteiger partial charge in [0.15, 0.2) is 5.13 Å². The van der Waals surface area contributed by atoms with E-state index in [4.69, 9.17) is 21.7 Å². The third kappa shape index (κ3) is 3.32. The van der Waals surface area contributed by atoms with Crippen molar-refractivity contribution in [2.24, 2.45) is 0 Å². The van der Waals surface area contributed by atoms with Gasteiger partial charge in [-0.25, -0.2) is 4.98 Å². The molecule has 86 valence electrons. The average Bonchev–Trinajstić information content (AvgIpc) is 2.67. The molecule has 6 heteroatoms. The van der Waals surface area contributed by atoms with E-state index in [0.717, 1.165) is 0 Å². The van der Waals surface area contributed by atoms with Crippen LogP contribution in [0.4, 0.5) is 10.8 Å². The first kappa shape index (κ1) is 12.1. The smallest absolute Gasteiger partial charge is 0.179 e. The minimum atomic E-state index is -0.0805. The number of anilines is 2. The number of benzene rings is 1. The molecule has 0 aliphatic carbocycles. The molecule has 0 unspecified atom stereocenters. The summed E-state index contributed by atoms with van der Waals surface area (Å²) in [6.45, 7) is 1.71. The van der Waals surface area contributed by atoms with Gasteiger partial charge in [0.25, 0.3) is 0 Å². The van der Waals surface area contributed by atoms with Gasteiger partial charge in [-0.2, -0.15) is 0 Å². The number of aromatic hydroxyl groups is 2. The maximum absolute atomic E-state index is 9.01. The number of rotatable bonds is 0. The highest BCUT2D eigenvalue weighted by atomic mass is 32.1. The predicted octanol–water partition coefficient (Wildman–Crippen LogP) is 1.71. The Morgan fingerprint density at radius 1 is 1.19 bits per heavy atom. The second-order valence-electron chi connectivity index (χ2n) is 3.07. The SMILES string of the molecule is Cc1cc(N)c(O)cc1O.Nc1nccs1. The van der Waals surface area contributed by atoms with Crippen molar-refractivity contribution in [3.8, 4) is 11.5 Å². The lowest BCUT2D eigenvalue weighted by atomic mass is 10.2. The van der Waals surface area contributed by atoms with Crippen molar-refractivity contribution in [2.75, 3.05) is 11.5 Å². The molecule has 1 aromatic heterocycles. The van der Waals surface area contributed by atoms with Gasteiger partial charge >= 0.3 is 0 Å². The van der Waals surface area contributed by atoms with E-state index in [9.17, 15) is 0 Å². The average molecular weight is 239 g/mol. The lowest BCUT2D eigenvalue weighted by Crippen LogP contribution is -1.86. The van der Waals surface area contributed by atoms with Crippen LogP contribution in [0.5, 0.6) is 11.5 Å². The molecule has 0 aliphatic heterocycles. The third-order valence-corrected chi connectivity index (χ3v) is 2.40. The summed E-state index contributed by atoms with van der Waals surface area (Å²) in [6, 6.07) is 2.75. The van der Waals surface area contributed by atoms with E-state index in [2.05, 4.69) is 4.98 Å². The van der Waals surface area contributed by atoms with Crippen molar-refractivity contribution in [3.63, 3.8) is 0 Å². The summed E-state index contributed by atoms with van der Waals surface area (Å²) >= 11 is 1.44. The zero-order chi connectivity index (χ0) is 12.1. The Balaban J connectivity index is 0.000000181. The number of nitrogen functional groups attached to an aromatic ring is 2. The molecular weight excluding hydrogens is 226 g/mol. The lowest BCUT2D eigenvalue weighted by Gasteiger charge is -2.01. The molecule has 0 atom stereocenters. The van der Waals surface area contributed by atoms with Gasteiger partial charge in [0.1, 0.15) is 11.5 Å². The summed E-state index contributed by atoms with van der Waals surface area (Å²) in [5, 5.41) is 20.4. The first-order valence-corrected chi connectivity index (χ1v) is 5.31. The monoisotopic (exact) mass is 239 g/mol.